The number of nitrogens with zero attached hydrogens (tertiary/aromatic N) is 2. The lowest BCUT2D eigenvalue weighted by atomic mass is 10.1. The topological polar surface area (TPSA) is 79.0 Å². The van der Waals surface area contributed by atoms with Crippen LogP contribution in [0.15, 0.2) is 72.8 Å². The number of hydrogen-bond acceptors (Lipinski definition) is 5. The van der Waals surface area contributed by atoms with Crippen LogP contribution < -0.4 is 5.32 Å². The highest BCUT2D eigenvalue weighted by molar-refractivity contribution is 8.00. The van der Waals surface area contributed by atoms with Crippen LogP contribution in [0, 0.1) is 0 Å². The van der Waals surface area contributed by atoms with Gasteiger partial charge in [-0.3, -0.25) is 14.4 Å². The van der Waals surface area contributed by atoms with Gasteiger partial charge in [-0.15, -0.1) is 11.8 Å². The maximum absolute atomic E-state index is 13.0. The molecule has 2 aliphatic rings. The zero-order valence-electron chi connectivity index (χ0n) is 20.1. The molecule has 0 aromatic heterocycles. The number of carbonyl (C=O) groups is 3. The largest absolute Gasteiger partial charge is 0.378 e. The molecule has 3 aromatic carbocycles. The Morgan fingerprint density at radius 1 is 0.973 bits per heavy atom. The highest BCUT2D eigenvalue weighted by Gasteiger charge is 2.33. The van der Waals surface area contributed by atoms with E-state index in [-0.39, 0.29) is 23.1 Å². The van der Waals surface area contributed by atoms with E-state index in [1.807, 2.05) is 41.3 Å². The molecule has 0 radical (unpaired) electrons. The van der Waals surface area contributed by atoms with Crippen molar-refractivity contribution in [2.45, 2.75) is 11.9 Å². The van der Waals surface area contributed by atoms with Crippen LogP contribution in [0.3, 0.4) is 0 Å². The Hall–Kier alpha value is -3.33. The van der Waals surface area contributed by atoms with Gasteiger partial charge in [-0.05, 0) is 47.5 Å². The number of amides is 3. The molecule has 9 heteroatoms. The second kappa shape index (κ2) is 11.4. The van der Waals surface area contributed by atoms with E-state index in [0.29, 0.717) is 60.4 Å². The fourth-order valence-corrected chi connectivity index (χ4v) is 5.71. The molecule has 190 valence electrons. The van der Waals surface area contributed by atoms with Crippen molar-refractivity contribution in [3.05, 3.63) is 100 Å². The average molecular weight is 536 g/mol. The van der Waals surface area contributed by atoms with E-state index in [0.717, 1.165) is 11.1 Å². The maximum Gasteiger partial charge on any atom is 0.256 e. The van der Waals surface area contributed by atoms with E-state index < -0.39 is 0 Å². The number of carbonyl (C=O) groups excluding carboxylic acids is 3. The first-order chi connectivity index (χ1) is 18.0. The number of nitrogens with one attached hydrogen (secondary N) is 1. The summed E-state index contributed by atoms with van der Waals surface area (Å²) < 4.78 is 5.34. The molecule has 1 N–H and O–H groups in total. The summed E-state index contributed by atoms with van der Waals surface area (Å²) in [5, 5.41) is 3.42. The van der Waals surface area contributed by atoms with E-state index in [2.05, 4.69) is 5.32 Å². The molecule has 3 amide bonds. The minimum absolute atomic E-state index is 0.0771. The van der Waals surface area contributed by atoms with Gasteiger partial charge in [0.15, 0.2) is 0 Å². The number of hydrogen-bond donors (Lipinski definition) is 1. The van der Waals surface area contributed by atoms with Crippen LogP contribution in [-0.4, -0.2) is 59.6 Å². The molecular formula is C28H26ClN3O4S. The average Bonchev–Trinajstić information content (AvgIpc) is 3.30. The Labute approximate surface area is 224 Å². The lowest BCUT2D eigenvalue weighted by molar-refractivity contribution is -0.128. The zero-order chi connectivity index (χ0) is 25.8. The Bertz CT molecular complexity index is 1290. The predicted octanol–water partition coefficient (Wildman–Crippen LogP) is 4.84. The van der Waals surface area contributed by atoms with Crippen LogP contribution in [0.5, 0.6) is 0 Å². The fourth-order valence-electron chi connectivity index (χ4n) is 4.40. The maximum atomic E-state index is 13.0. The number of rotatable bonds is 6. The van der Waals surface area contributed by atoms with Crippen LogP contribution in [0.1, 0.15) is 37.2 Å². The van der Waals surface area contributed by atoms with Crippen molar-refractivity contribution in [2.75, 3.05) is 37.4 Å². The van der Waals surface area contributed by atoms with Crippen molar-refractivity contribution < 1.29 is 19.1 Å². The molecule has 0 aliphatic carbocycles. The summed E-state index contributed by atoms with van der Waals surface area (Å²) in [4.78, 5) is 42.2. The molecule has 7 nitrogen and oxygen atoms in total. The molecule has 37 heavy (non-hydrogen) atoms. The Morgan fingerprint density at radius 2 is 1.68 bits per heavy atom. The van der Waals surface area contributed by atoms with E-state index in [4.69, 9.17) is 16.3 Å². The first kappa shape index (κ1) is 25.3. The van der Waals surface area contributed by atoms with Crippen LogP contribution in [-0.2, 0) is 16.1 Å². The van der Waals surface area contributed by atoms with Gasteiger partial charge in [0.05, 0.1) is 30.2 Å². The summed E-state index contributed by atoms with van der Waals surface area (Å²) >= 11 is 7.56. The number of morpholine rings is 1. The predicted molar refractivity (Wildman–Crippen MR) is 145 cm³/mol. The van der Waals surface area contributed by atoms with E-state index in [1.165, 1.54) is 0 Å². The summed E-state index contributed by atoms with van der Waals surface area (Å²) in [5.74, 6) is 0.0579. The van der Waals surface area contributed by atoms with Gasteiger partial charge in [0.25, 0.3) is 11.8 Å². The molecule has 2 heterocycles. The third-order valence-corrected chi connectivity index (χ3v) is 7.90. The first-order valence-corrected chi connectivity index (χ1v) is 13.4. The normalized spacial score (nSPS) is 17.6. The Morgan fingerprint density at radius 3 is 2.41 bits per heavy atom. The van der Waals surface area contributed by atoms with Crippen molar-refractivity contribution in [1.29, 1.82) is 0 Å². The van der Waals surface area contributed by atoms with Gasteiger partial charge in [-0.1, -0.05) is 48.0 Å². The van der Waals surface area contributed by atoms with Gasteiger partial charge >= 0.3 is 0 Å². The molecule has 1 atom stereocenters. The van der Waals surface area contributed by atoms with E-state index in [9.17, 15) is 14.4 Å². The SMILES string of the molecule is O=C(Nc1ccccc1C(=O)N1CCOCC1)c1ccc([C@H]2SCC(=O)N2Cc2ccc(Cl)cc2)cc1. The lowest BCUT2D eigenvalue weighted by Gasteiger charge is -2.27. The highest BCUT2D eigenvalue weighted by Crippen LogP contribution is 2.39. The molecule has 3 aromatic rings. The number of ether oxygens (including phenoxy) is 1. The van der Waals surface area contributed by atoms with E-state index in [1.54, 1.807) is 53.1 Å². The van der Waals surface area contributed by atoms with Crippen molar-refractivity contribution in [1.82, 2.24) is 9.80 Å². The highest BCUT2D eigenvalue weighted by atomic mass is 35.5. The number of anilines is 1. The van der Waals surface area contributed by atoms with Crippen molar-refractivity contribution >= 4 is 46.8 Å². The summed E-state index contributed by atoms with van der Waals surface area (Å²) in [6.07, 6.45) is 0. The smallest absolute Gasteiger partial charge is 0.256 e. The zero-order valence-corrected chi connectivity index (χ0v) is 21.6. The molecule has 0 bridgehead atoms. The van der Waals surface area contributed by atoms with Crippen LogP contribution in [0.4, 0.5) is 5.69 Å². The number of halogens is 1. The third kappa shape index (κ3) is 5.82. The quantitative estimate of drug-likeness (QED) is 0.489. The molecule has 0 spiro atoms. The molecule has 2 saturated heterocycles. The Kier molecular flexibility index (Phi) is 7.79. The van der Waals surface area contributed by atoms with Gasteiger partial charge in [-0.25, -0.2) is 0 Å². The van der Waals surface area contributed by atoms with E-state index >= 15 is 0 Å². The van der Waals surface area contributed by atoms with Crippen molar-refractivity contribution in [3.63, 3.8) is 0 Å². The summed E-state index contributed by atoms with van der Waals surface area (Å²) in [6, 6.07) is 21.8. The molecule has 2 aliphatic heterocycles. The summed E-state index contributed by atoms with van der Waals surface area (Å²) in [5.41, 5.74) is 3.35. The number of thioether (sulfide) groups is 1. The van der Waals surface area contributed by atoms with Gasteiger partial charge < -0.3 is 19.9 Å². The molecule has 5 rings (SSSR count). The lowest BCUT2D eigenvalue weighted by Crippen LogP contribution is -2.41. The fraction of sp³-hybridized carbons (Fsp3) is 0.250. The minimum Gasteiger partial charge on any atom is -0.378 e. The van der Waals surface area contributed by atoms with Crippen molar-refractivity contribution in [2.24, 2.45) is 0 Å². The minimum atomic E-state index is -0.304. The van der Waals surface area contributed by atoms with Gasteiger partial charge in [-0.2, -0.15) is 0 Å². The first-order valence-electron chi connectivity index (χ1n) is 12.0. The third-order valence-electron chi connectivity index (χ3n) is 6.40. The van der Waals surface area contributed by atoms with Gasteiger partial charge in [0, 0.05) is 30.2 Å². The second-order valence-electron chi connectivity index (χ2n) is 8.84. The van der Waals surface area contributed by atoms with Crippen LogP contribution in [0.2, 0.25) is 5.02 Å². The summed E-state index contributed by atoms with van der Waals surface area (Å²) in [6.45, 7) is 2.56. The molecule has 2 fully saturated rings. The molecule has 0 saturated carbocycles. The molecule has 0 unspecified atom stereocenters. The van der Waals surface area contributed by atoms with Gasteiger partial charge in [0.2, 0.25) is 5.91 Å². The second-order valence-corrected chi connectivity index (χ2v) is 10.3. The Balaban J connectivity index is 1.28. The van der Waals surface area contributed by atoms with Crippen molar-refractivity contribution in [3.8, 4) is 0 Å². The van der Waals surface area contributed by atoms with Crippen LogP contribution in [0.25, 0.3) is 0 Å². The van der Waals surface area contributed by atoms with Crippen LogP contribution >= 0.6 is 23.4 Å². The van der Waals surface area contributed by atoms with Gasteiger partial charge in [0.1, 0.15) is 5.37 Å². The number of para-hydroxylation sites is 1. The standard InChI is InChI=1S/C28H26ClN3O4S/c29-22-11-5-19(6-12-22)17-32-25(33)18-37-28(32)21-9-7-20(8-10-21)26(34)30-24-4-2-1-3-23(24)27(35)31-13-15-36-16-14-31/h1-12,28H,13-18H2,(H,30,34)/t28-/m1/s1. The molecular weight excluding hydrogens is 510 g/mol. The monoisotopic (exact) mass is 535 g/mol. The summed E-state index contributed by atoms with van der Waals surface area (Å²) in [7, 11) is 0. The number of benzene rings is 3.